The van der Waals surface area contributed by atoms with Gasteiger partial charge in [-0.15, -0.1) is 0 Å². The van der Waals surface area contributed by atoms with Gasteiger partial charge in [-0.05, 0) is 12.8 Å². The lowest BCUT2D eigenvalue weighted by molar-refractivity contribution is -0.154. The van der Waals surface area contributed by atoms with Gasteiger partial charge < -0.3 is 10.2 Å². The van der Waals surface area contributed by atoms with Crippen molar-refractivity contribution in [2.45, 2.75) is 32.3 Å². The van der Waals surface area contributed by atoms with Gasteiger partial charge in [0.05, 0.1) is 13.2 Å². The highest BCUT2D eigenvalue weighted by atomic mass is 16.3. The summed E-state index contributed by atoms with van der Waals surface area (Å²) in [7, 11) is 0. The summed E-state index contributed by atoms with van der Waals surface area (Å²) in [6, 6.07) is 0. The molecule has 1 aliphatic heterocycles. The molecule has 2 amide bonds. The summed E-state index contributed by atoms with van der Waals surface area (Å²) in [5, 5.41) is 18.4. The number of amides is 2. The second kappa shape index (κ2) is 4.28. The molecule has 0 saturated carbocycles. The zero-order chi connectivity index (χ0) is 11.6. The first kappa shape index (κ1) is 12.1. The second-order valence-electron chi connectivity index (χ2n) is 4.54. The van der Waals surface area contributed by atoms with Crippen LogP contribution >= 0.6 is 0 Å². The highest BCUT2D eigenvalue weighted by molar-refractivity contribution is 5.97. The van der Waals surface area contributed by atoms with Crippen molar-refractivity contribution >= 4 is 11.8 Å². The van der Waals surface area contributed by atoms with Crippen molar-refractivity contribution in [2.24, 2.45) is 5.92 Å². The SMILES string of the molecule is CC1CC(=O)N(CC(C)(O)CO)C(=O)C1. The molecule has 15 heavy (non-hydrogen) atoms. The van der Waals surface area contributed by atoms with E-state index in [1.54, 1.807) is 0 Å². The van der Waals surface area contributed by atoms with Crippen molar-refractivity contribution in [3.63, 3.8) is 0 Å². The molecular weight excluding hydrogens is 198 g/mol. The first-order valence-corrected chi connectivity index (χ1v) is 5.02. The molecule has 0 radical (unpaired) electrons. The van der Waals surface area contributed by atoms with Gasteiger partial charge >= 0.3 is 0 Å². The minimum Gasteiger partial charge on any atom is -0.393 e. The van der Waals surface area contributed by atoms with E-state index in [-0.39, 0.29) is 24.3 Å². The van der Waals surface area contributed by atoms with Gasteiger partial charge in [-0.3, -0.25) is 14.5 Å². The zero-order valence-electron chi connectivity index (χ0n) is 9.06. The number of likely N-dealkylation sites (tertiary alicyclic amines) is 1. The van der Waals surface area contributed by atoms with Gasteiger partial charge in [0.1, 0.15) is 5.60 Å². The summed E-state index contributed by atoms with van der Waals surface area (Å²) in [6.45, 7) is 2.64. The summed E-state index contributed by atoms with van der Waals surface area (Å²) in [5.74, 6) is -0.472. The van der Waals surface area contributed by atoms with E-state index in [0.717, 1.165) is 4.90 Å². The predicted octanol–water partition coefficient (Wildman–Crippen LogP) is -0.485. The maximum atomic E-state index is 11.5. The molecule has 86 valence electrons. The molecule has 5 heteroatoms. The van der Waals surface area contributed by atoms with E-state index in [1.807, 2.05) is 6.92 Å². The Bertz CT molecular complexity index is 257. The van der Waals surface area contributed by atoms with Gasteiger partial charge in [0.25, 0.3) is 0 Å². The molecule has 1 rings (SSSR count). The normalized spacial score (nSPS) is 23.1. The molecule has 1 aliphatic rings. The van der Waals surface area contributed by atoms with Gasteiger partial charge in [0.15, 0.2) is 0 Å². The standard InChI is InChI=1S/C10H17NO4/c1-7-3-8(13)11(9(14)4-7)5-10(2,15)6-12/h7,12,15H,3-6H2,1-2H3. The van der Waals surface area contributed by atoms with E-state index in [9.17, 15) is 14.7 Å². The van der Waals surface area contributed by atoms with Crippen LogP contribution in [0.2, 0.25) is 0 Å². The fraction of sp³-hybridized carbons (Fsp3) is 0.800. The fourth-order valence-electron chi connectivity index (χ4n) is 1.59. The predicted molar refractivity (Wildman–Crippen MR) is 52.8 cm³/mol. The molecule has 0 bridgehead atoms. The lowest BCUT2D eigenvalue weighted by atomic mass is 9.96. The van der Waals surface area contributed by atoms with Crippen LogP contribution in [0.15, 0.2) is 0 Å². The summed E-state index contributed by atoms with van der Waals surface area (Å²) >= 11 is 0. The molecule has 1 heterocycles. The summed E-state index contributed by atoms with van der Waals surface area (Å²) in [4.78, 5) is 24.1. The molecule has 0 aromatic carbocycles. The minimum atomic E-state index is -1.41. The van der Waals surface area contributed by atoms with E-state index in [0.29, 0.717) is 12.8 Å². The van der Waals surface area contributed by atoms with Crippen LogP contribution in [0, 0.1) is 5.92 Å². The number of hydrogen-bond donors (Lipinski definition) is 2. The van der Waals surface area contributed by atoms with Crippen molar-refractivity contribution in [2.75, 3.05) is 13.2 Å². The third-order valence-electron chi connectivity index (χ3n) is 2.49. The van der Waals surface area contributed by atoms with Crippen molar-refractivity contribution in [1.82, 2.24) is 4.90 Å². The summed E-state index contributed by atoms with van der Waals surface area (Å²) in [6.07, 6.45) is 0.653. The molecule has 1 fully saturated rings. The van der Waals surface area contributed by atoms with E-state index >= 15 is 0 Å². The van der Waals surface area contributed by atoms with E-state index in [2.05, 4.69) is 0 Å². The number of imide groups is 1. The highest BCUT2D eigenvalue weighted by Crippen LogP contribution is 2.20. The molecule has 1 saturated heterocycles. The lowest BCUT2D eigenvalue weighted by Crippen LogP contribution is -2.51. The molecule has 0 spiro atoms. The van der Waals surface area contributed by atoms with E-state index < -0.39 is 12.2 Å². The van der Waals surface area contributed by atoms with Crippen LogP contribution in [-0.2, 0) is 9.59 Å². The van der Waals surface area contributed by atoms with Crippen molar-refractivity contribution < 1.29 is 19.8 Å². The molecule has 1 unspecified atom stereocenters. The Morgan fingerprint density at radius 2 is 1.87 bits per heavy atom. The number of hydrogen-bond acceptors (Lipinski definition) is 4. The number of aliphatic hydroxyl groups is 2. The van der Waals surface area contributed by atoms with Gasteiger partial charge in [-0.1, -0.05) is 6.92 Å². The summed E-state index contributed by atoms with van der Waals surface area (Å²) in [5.41, 5.74) is -1.41. The van der Waals surface area contributed by atoms with Crippen LogP contribution in [0.3, 0.4) is 0 Å². The average molecular weight is 215 g/mol. The van der Waals surface area contributed by atoms with Crippen LogP contribution < -0.4 is 0 Å². The number of aliphatic hydroxyl groups excluding tert-OH is 1. The minimum absolute atomic E-state index is 0.0697. The van der Waals surface area contributed by atoms with Gasteiger partial charge in [0.2, 0.25) is 11.8 Å². The number of carbonyl (C=O) groups is 2. The van der Waals surface area contributed by atoms with Crippen LogP contribution in [0.1, 0.15) is 26.7 Å². The maximum Gasteiger partial charge on any atom is 0.229 e. The van der Waals surface area contributed by atoms with E-state index in [1.165, 1.54) is 6.92 Å². The molecule has 2 N–H and O–H groups in total. The number of rotatable bonds is 3. The largest absolute Gasteiger partial charge is 0.393 e. The first-order chi connectivity index (χ1) is 6.85. The Morgan fingerprint density at radius 3 is 2.27 bits per heavy atom. The average Bonchev–Trinajstić information content (AvgIpc) is 2.11. The van der Waals surface area contributed by atoms with Crippen LogP contribution in [0.25, 0.3) is 0 Å². The van der Waals surface area contributed by atoms with Crippen molar-refractivity contribution in [3.05, 3.63) is 0 Å². The van der Waals surface area contributed by atoms with Crippen LogP contribution in [-0.4, -0.2) is 45.7 Å². The molecule has 0 aliphatic carbocycles. The Kier molecular flexibility index (Phi) is 3.46. The van der Waals surface area contributed by atoms with E-state index in [4.69, 9.17) is 5.11 Å². The third-order valence-corrected chi connectivity index (χ3v) is 2.49. The molecule has 5 nitrogen and oxygen atoms in total. The Morgan fingerprint density at radius 1 is 1.40 bits per heavy atom. The van der Waals surface area contributed by atoms with Crippen molar-refractivity contribution in [3.8, 4) is 0 Å². The number of piperidine rings is 1. The quantitative estimate of drug-likeness (QED) is 0.623. The van der Waals surface area contributed by atoms with Gasteiger partial charge in [-0.2, -0.15) is 0 Å². The van der Waals surface area contributed by atoms with Crippen molar-refractivity contribution in [1.29, 1.82) is 0 Å². The van der Waals surface area contributed by atoms with Gasteiger partial charge in [0, 0.05) is 12.8 Å². The Balaban J connectivity index is 2.69. The molecule has 0 aromatic rings. The Hall–Kier alpha value is -0.940. The first-order valence-electron chi connectivity index (χ1n) is 5.02. The van der Waals surface area contributed by atoms with Crippen LogP contribution in [0.5, 0.6) is 0 Å². The number of carbonyl (C=O) groups excluding carboxylic acids is 2. The third kappa shape index (κ3) is 3.00. The Labute approximate surface area is 88.7 Å². The maximum absolute atomic E-state index is 11.5. The van der Waals surface area contributed by atoms with Gasteiger partial charge in [-0.25, -0.2) is 0 Å². The topological polar surface area (TPSA) is 77.8 Å². The molecular formula is C10H17NO4. The number of nitrogens with zero attached hydrogens (tertiary/aromatic N) is 1. The zero-order valence-corrected chi connectivity index (χ0v) is 9.06. The molecule has 1 atom stereocenters. The fourth-order valence-corrected chi connectivity index (χ4v) is 1.59. The number of β-amino-alcohol motifs (C(OH)–C–C–N with tert-alkyl or cyclic N) is 1. The monoisotopic (exact) mass is 215 g/mol. The highest BCUT2D eigenvalue weighted by Gasteiger charge is 2.34. The lowest BCUT2D eigenvalue weighted by Gasteiger charge is -2.33. The smallest absolute Gasteiger partial charge is 0.229 e. The molecule has 0 aromatic heterocycles. The second-order valence-corrected chi connectivity index (χ2v) is 4.54. The van der Waals surface area contributed by atoms with Crippen LogP contribution in [0.4, 0.5) is 0 Å². The summed E-state index contributed by atoms with van der Waals surface area (Å²) < 4.78 is 0.